The van der Waals surface area contributed by atoms with Gasteiger partial charge in [0.05, 0.1) is 11.0 Å². The molecule has 0 aliphatic heterocycles. The minimum atomic E-state index is -2.78. The highest BCUT2D eigenvalue weighted by Gasteiger charge is 2.14. The number of sulfone groups is 1. The monoisotopic (exact) mass is 182 g/mol. The third-order valence-corrected chi connectivity index (χ3v) is 4.37. The predicted octanol–water partition coefficient (Wildman–Crippen LogP) is 1.17. The van der Waals surface area contributed by atoms with E-state index in [2.05, 4.69) is 0 Å². The van der Waals surface area contributed by atoms with Gasteiger partial charge in [0.25, 0.3) is 0 Å². The lowest BCUT2D eigenvalue weighted by Crippen LogP contribution is -2.18. The van der Waals surface area contributed by atoms with E-state index in [9.17, 15) is 8.42 Å². The van der Waals surface area contributed by atoms with Crippen molar-refractivity contribution < 1.29 is 8.42 Å². The van der Waals surface area contributed by atoms with Crippen LogP contribution in [0.3, 0.4) is 0 Å². The second-order valence-corrected chi connectivity index (χ2v) is 6.07. The smallest absolute Gasteiger partial charge is 0.153 e. The van der Waals surface area contributed by atoms with Crippen LogP contribution < -0.4 is 0 Å². The van der Waals surface area contributed by atoms with Crippen LogP contribution in [-0.2, 0) is 9.84 Å². The zero-order valence-corrected chi connectivity index (χ0v) is 8.26. The molecule has 0 aliphatic carbocycles. The molecule has 0 atom stereocenters. The molecule has 0 heterocycles. The summed E-state index contributed by atoms with van der Waals surface area (Å²) in [6, 6.07) is 0. The van der Waals surface area contributed by atoms with E-state index in [1.165, 1.54) is 0 Å². The van der Waals surface area contributed by atoms with Crippen molar-refractivity contribution in [2.24, 2.45) is 0 Å². The van der Waals surface area contributed by atoms with Crippen LogP contribution >= 0.6 is 11.8 Å². The summed E-state index contributed by atoms with van der Waals surface area (Å²) in [5, 5.41) is -0.223. The van der Waals surface area contributed by atoms with E-state index in [1.54, 1.807) is 25.6 Å². The van der Waals surface area contributed by atoms with E-state index < -0.39 is 9.84 Å². The van der Waals surface area contributed by atoms with Gasteiger partial charge in [0, 0.05) is 5.75 Å². The van der Waals surface area contributed by atoms with Crippen molar-refractivity contribution in [3.05, 3.63) is 0 Å². The zero-order valence-electron chi connectivity index (χ0n) is 6.62. The first-order valence-electron chi connectivity index (χ1n) is 3.21. The molecule has 0 unspecified atom stereocenters. The fraction of sp³-hybridized carbons (Fsp3) is 1.00. The van der Waals surface area contributed by atoms with E-state index in [0.29, 0.717) is 11.5 Å². The molecule has 0 aromatic rings. The van der Waals surface area contributed by atoms with Gasteiger partial charge in [-0.1, -0.05) is 0 Å². The normalized spacial score (nSPS) is 12.4. The Morgan fingerprint density at radius 2 is 1.90 bits per heavy atom. The second kappa shape index (κ2) is 4.23. The predicted molar refractivity (Wildman–Crippen MR) is 47.3 cm³/mol. The summed E-state index contributed by atoms with van der Waals surface area (Å²) in [5.74, 6) is 1.02. The van der Waals surface area contributed by atoms with Gasteiger partial charge in [0.2, 0.25) is 0 Å². The summed E-state index contributed by atoms with van der Waals surface area (Å²) in [6.07, 6.45) is 1.91. The van der Waals surface area contributed by atoms with Gasteiger partial charge in [-0.2, -0.15) is 11.8 Å². The second-order valence-electron chi connectivity index (χ2n) is 2.41. The number of hydrogen-bond acceptors (Lipinski definition) is 3. The fourth-order valence-corrected chi connectivity index (χ4v) is 2.50. The molecular weight excluding hydrogens is 168 g/mol. The molecule has 0 N–H and O–H groups in total. The quantitative estimate of drug-likeness (QED) is 0.654. The van der Waals surface area contributed by atoms with Crippen molar-refractivity contribution in [1.82, 2.24) is 0 Å². The molecule has 10 heavy (non-hydrogen) atoms. The van der Waals surface area contributed by atoms with Gasteiger partial charge in [-0.05, 0) is 20.1 Å². The molecule has 0 aliphatic rings. The van der Waals surface area contributed by atoms with Crippen LogP contribution in [0.4, 0.5) is 0 Å². The van der Waals surface area contributed by atoms with Crippen LogP contribution in [0.15, 0.2) is 0 Å². The maximum absolute atomic E-state index is 11.1. The lowest BCUT2D eigenvalue weighted by Gasteiger charge is -2.04. The Bertz CT molecular complexity index is 170. The molecular formula is C6H14O2S2. The molecule has 62 valence electrons. The summed E-state index contributed by atoms with van der Waals surface area (Å²) in [4.78, 5) is 0. The van der Waals surface area contributed by atoms with Crippen LogP contribution in [-0.4, -0.2) is 31.4 Å². The number of hydrogen-bond donors (Lipinski definition) is 0. The van der Waals surface area contributed by atoms with Gasteiger partial charge in [-0.15, -0.1) is 0 Å². The van der Waals surface area contributed by atoms with Crippen LogP contribution in [0.25, 0.3) is 0 Å². The van der Waals surface area contributed by atoms with Crippen LogP contribution in [0.1, 0.15) is 13.8 Å². The van der Waals surface area contributed by atoms with Crippen LogP contribution in [0, 0.1) is 0 Å². The average Bonchev–Trinajstić information content (AvgIpc) is 1.84. The SMILES string of the molecule is CSCCS(=O)(=O)C(C)C. The molecule has 0 saturated heterocycles. The van der Waals surface area contributed by atoms with Gasteiger partial charge in [0.1, 0.15) is 0 Å². The fourth-order valence-electron chi connectivity index (χ4n) is 0.435. The van der Waals surface area contributed by atoms with Crippen molar-refractivity contribution >= 4 is 21.6 Å². The molecule has 0 aromatic carbocycles. The topological polar surface area (TPSA) is 34.1 Å². The first kappa shape index (κ1) is 10.3. The van der Waals surface area contributed by atoms with Gasteiger partial charge in [-0.3, -0.25) is 0 Å². The maximum atomic E-state index is 11.1. The van der Waals surface area contributed by atoms with E-state index in [1.807, 2.05) is 6.26 Å². The van der Waals surface area contributed by atoms with Crippen molar-refractivity contribution in [2.75, 3.05) is 17.8 Å². The minimum absolute atomic E-state index is 0.223. The summed E-state index contributed by atoms with van der Waals surface area (Å²) in [7, 11) is -2.78. The van der Waals surface area contributed by atoms with Crippen LogP contribution in [0.5, 0.6) is 0 Å². The van der Waals surface area contributed by atoms with E-state index in [0.717, 1.165) is 0 Å². The largest absolute Gasteiger partial charge is 0.229 e. The van der Waals surface area contributed by atoms with Crippen molar-refractivity contribution in [3.63, 3.8) is 0 Å². The number of thioether (sulfide) groups is 1. The Labute approximate surface area is 67.3 Å². The summed E-state index contributed by atoms with van der Waals surface area (Å²) in [6.45, 7) is 3.44. The number of rotatable bonds is 4. The van der Waals surface area contributed by atoms with E-state index in [4.69, 9.17) is 0 Å². The molecule has 4 heteroatoms. The lowest BCUT2D eigenvalue weighted by molar-refractivity contribution is 0.589. The molecule has 0 rings (SSSR count). The first-order chi connectivity index (χ1) is 4.50. The molecule has 2 nitrogen and oxygen atoms in total. The molecule has 0 aromatic heterocycles. The summed E-state index contributed by atoms with van der Waals surface area (Å²) >= 11 is 1.57. The van der Waals surface area contributed by atoms with Gasteiger partial charge in [0.15, 0.2) is 9.84 Å². The maximum Gasteiger partial charge on any atom is 0.153 e. The highest BCUT2D eigenvalue weighted by molar-refractivity contribution is 8.00. The Morgan fingerprint density at radius 3 is 2.20 bits per heavy atom. The summed E-state index contributed by atoms with van der Waals surface area (Å²) < 4.78 is 22.2. The average molecular weight is 182 g/mol. The van der Waals surface area contributed by atoms with Gasteiger partial charge >= 0.3 is 0 Å². The Kier molecular flexibility index (Phi) is 4.36. The van der Waals surface area contributed by atoms with E-state index >= 15 is 0 Å². The van der Waals surface area contributed by atoms with Crippen molar-refractivity contribution in [2.45, 2.75) is 19.1 Å². The Morgan fingerprint density at radius 1 is 1.40 bits per heavy atom. The highest BCUT2D eigenvalue weighted by atomic mass is 32.2. The van der Waals surface area contributed by atoms with Crippen LogP contribution in [0.2, 0.25) is 0 Å². The minimum Gasteiger partial charge on any atom is -0.229 e. The van der Waals surface area contributed by atoms with Crippen molar-refractivity contribution in [3.8, 4) is 0 Å². The molecule has 0 radical (unpaired) electrons. The molecule has 0 fully saturated rings. The summed E-state index contributed by atoms with van der Waals surface area (Å²) in [5.41, 5.74) is 0. The third kappa shape index (κ3) is 3.46. The Hall–Kier alpha value is 0.300. The Balaban J connectivity index is 3.90. The van der Waals surface area contributed by atoms with Gasteiger partial charge < -0.3 is 0 Å². The third-order valence-electron chi connectivity index (χ3n) is 1.29. The van der Waals surface area contributed by atoms with Crippen molar-refractivity contribution in [1.29, 1.82) is 0 Å². The standard InChI is InChI=1S/C6H14O2S2/c1-6(2)10(7,8)5-4-9-3/h6H,4-5H2,1-3H3. The molecule has 0 amide bonds. The zero-order chi connectivity index (χ0) is 8.20. The van der Waals surface area contributed by atoms with Gasteiger partial charge in [-0.25, -0.2) is 8.42 Å². The molecule has 0 spiro atoms. The first-order valence-corrected chi connectivity index (χ1v) is 6.32. The molecule has 0 saturated carbocycles. The highest BCUT2D eigenvalue weighted by Crippen LogP contribution is 2.03. The van der Waals surface area contributed by atoms with E-state index in [-0.39, 0.29) is 5.25 Å². The lowest BCUT2D eigenvalue weighted by atomic mass is 10.6. The molecule has 0 bridgehead atoms.